The van der Waals surface area contributed by atoms with Gasteiger partial charge in [0.05, 0.1) is 0 Å². The Morgan fingerprint density at radius 3 is 2.18 bits per heavy atom. The van der Waals surface area contributed by atoms with Crippen LogP contribution in [0.2, 0.25) is 0 Å². The number of nitrogens with one attached hydrogen (secondary N) is 2. The van der Waals surface area contributed by atoms with E-state index in [0.717, 1.165) is 55.4 Å². The number of hydrogen-bond acceptors (Lipinski definition) is 5. The van der Waals surface area contributed by atoms with Gasteiger partial charge < -0.3 is 30.3 Å². The van der Waals surface area contributed by atoms with Crippen molar-refractivity contribution >= 4 is 17.8 Å². The van der Waals surface area contributed by atoms with E-state index in [2.05, 4.69) is 10.6 Å². The van der Waals surface area contributed by atoms with Gasteiger partial charge >= 0.3 is 6.03 Å². The van der Waals surface area contributed by atoms with Gasteiger partial charge in [-0.2, -0.15) is 0 Å². The first kappa shape index (κ1) is 33.3. The van der Waals surface area contributed by atoms with Crippen molar-refractivity contribution in [1.29, 1.82) is 0 Å². The molecule has 0 aromatic heterocycles. The van der Waals surface area contributed by atoms with Gasteiger partial charge in [0, 0.05) is 39.2 Å². The van der Waals surface area contributed by atoms with Crippen LogP contribution >= 0.6 is 0 Å². The summed E-state index contributed by atoms with van der Waals surface area (Å²) in [6.45, 7) is 6.97. The largest absolute Gasteiger partial charge is 0.489 e. The fraction of sp³-hybridized carbons (Fsp3) is 0.571. The van der Waals surface area contributed by atoms with Crippen molar-refractivity contribution in [3.05, 3.63) is 65.7 Å². The summed E-state index contributed by atoms with van der Waals surface area (Å²) < 4.78 is 5.93. The first-order chi connectivity index (χ1) is 21.3. The number of likely N-dealkylation sites (tertiary alicyclic amines) is 2. The minimum absolute atomic E-state index is 0.0320. The van der Waals surface area contributed by atoms with E-state index >= 15 is 0 Å². The second-order valence-electron chi connectivity index (χ2n) is 12.7. The quantitative estimate of drug-likeness (QED) is 0.329. The molecule has 4 amide bonds. The Morgan fingerprint density at radius 2 is 1.52 bits per heavy atom. The van der Waals surface area contributed by atoms with Gasteiger partial charge in [-0.15, -0.1) is 0 Å². The number of urea groups is 1. The molecule has 4 rings (SSSR count). The molecule has 44 heavy (non-hydrogen) atoms. The van der Waals surface area contributed by atoms with Gasteiger partial charge in [-0.05, 0) is 67.2 Å². The molecule has 240 valence electrons. The molecule has 2 saturated heterocycles. The third-order valence-electron chi connectivity index (χ3n) is 8.53. The van der Waals surface area contributed by atoms with Crippen molar-refractivity contribution in [1.82, 2.24) is 20.4 Å². The lowest BCUT2D eigenvalue weighted by Gasteiger charge is -2.35. The van der Waals surface area contributed by atoms with E-state index in [4.69, 9.17) is 4.74 Å². The van der Waals surface area contributed by atoms with Crippen LogP contribution in [0.4, 0.5) is 4.79 Å². The number of aliphatic hydroxyl groups is 1. The molecule has 9 nitrogen and oxygen atoms in total. The number of carbonyl (C=O) groups is 3. The third kappa shape index (κ3) is 10.3. The molecule has 3 unspecified atom stereocenters. The van der Waals surface area contributed by atoms with E-state index in [0.29, 0.717) is 45.6 Å². The van der Waals surface area contributed by atoms with Crippen molar-refractivity contribution in [3.8, 4) is 5.75 Å². The number of aliphatic hydroxyl groups excluding tert-OH is 1. The van der Waals surface area contributed by atoms with Crippen LogP contribution in [-0.4, -0.2) is 77.6 Å². The minimum Gasteiger partial charge on any atom is -0.489 e. The lowest BCUT2D eigenvalue weighted by atomic mass is 9.96. The maximum Gasteiger partial charge on any atom is 0.318 e. The Kier molecular flexibility index (Phi) is 12.9. The second-order valence-corrected chi connectivity index (χ2v) is 12.7. The molecule has 0 radical (unpaired) electrons. The van der Waals surface area contributed by atoms with Gasteiger partial charge in [0.2, 0.25) is 11.8 Å². The van der Waals surface area contributed by atoms with Gasteiger partial charge in [0.25, 0.3) is 0 Å². The Morgan fingerprint density at radius 1 is 0.841 bits per heavy atom. The van der Waals surface area contributed by atoms with E-state index in [1.807, 2.05) is 68.4 Å². The summed E-state index contributed by atoms with van der Waals surface area (Å²) in [5.74, 6) is 0.410. The molecule has 0 spiro atoms. The summed E-state index contributed by atoms with van der Waals surface area (Å²) in [6, 6.07) is 15.8. The van der Waals surface area contributed by atoms with Gasteiger partial charge in [-0.3, -0.25) is 9.59 Å². The van der Waals surface area contributed by atoms with E-state index in [1.165, 1.54) is 0 Å². The summed E-state index contributed by atoms with van der Waals surface area (Å²) in [5.41, 5.74) is 1.96. The summed E-state index contributed by atoms with van der Waals surface area (Å²) in [5, 5.41) is 15.8. The number of carbonyl (C=O) groups excluding carboxylic acids is 3. The molecule has 0 bridgehead atoms. The van der Waals surface area contributed by atoms with Crippen molar-refractivity contribution in [2.45, 2.75) is 83.9 Å². The van der Waals surface area contributed by atoms with Crippen LogP contribution in [0.25, 0.3) is 0 Å². The lowest BCUT2D eigenvalue weighted by molar-refractivity contribution is -0.138. The summed E-state index contributed by atoms with van der Waals surface area (Å²) in [4.78, 5) is 44.4. The zero-order valence-electron chi connectivity index (χ0n) is 26.4. The Bertz CT molecular complexity index is 1180. The molecule has 2 aliphatic heterocycles. The topological polar surface area (TPSA) is 111 Å². The van der Waals surface area contributed by atoms with Crippen molar-refractivity contribution in [2.75, 3.05) is 32.8 Å². The molecule has 0 aliphatic carbocycles. The molecule has 2 aromatic rings. The SMILES string of the molecule is CC(C)CC(NC(=O)N1CCCCCC1)C(=O)NC(Cc1ccc(OCc2ccccc2)cc1)C(=O)N1CCCC(CO)C1. The number of rotatable bonds is 12. The number of ether oxygens (including phenoxy) is 1. The molecular formula is C35H50N4O5. The summed E-state index contributed by atoms with van der Waals surface area (Å²) in [6.07, 6.45) is 6.61. The first-order valence-corrected chi connectivity index (χ1v) is 16.3. The number of hydrogen-bond donors (Lipinski definition) is 3. The fourth-order valence-corrected chi connectivity index (χ4v) is 6.02. The smallest absolute Gasteiger partial charge is 0.318 e. The first-order valence-electron chi connectivity index (χ1n) is 16.3. The number of piperidine rings is 1. The lowest BCUT2D eigenvalue weighted by Crippen LogP contribution is -2.57. The van der Waals surface area contributed by atoms with Crippen LogP contribution in [0, 0.1) is 11.8 Å². The molecule has 0 saturated carbocycles. The fourth-order valence-electron chi connectivity index (χ4n) is 6.02. The molecule has 2 fully saturated rings. The molecule has 3 atom stereocenters. The molecule has 2 aliphatic rings. The normalized spacial score (nSPS) is 18.7. The second kappa shape index (κ2) is 17.0. The van der Waals surface area contributed by atoms with Crippen LogP contribution in [0.15, 0.2) is 54.6 Å². The number of nitrogens with zero attached hydrogens (tertiary/aromatic N) is 2. The highest BCUT2D eigenvalue weighted by Crippen LogP contribution is 2.20. The maximum atomic E-state index is 13.9. The predicted octanol–water partition coefficient (Wildman–Crippen LogP) is 4.52. The molecule has 2 heterocycles. The van der Waals surface area contributed by atoms with Crippen LogP contribution in [0.5, 0.6) is 5.75 Å². The van der Waals surface area contributed by atoms with Crippen LogP contribution in [0.1, 0.15) is 69.9 Å². The zero-order chi connectivity index (χ0) is 31.3. The number of benzene rings is 2. The third-order valence-corrected chi connectivity index (χ3v) is 8.53. The predicted molar refractivity (Wildman–Crippen MR) is 171 cm³/mol. The van der Waals surface area contributed by atoms with Crippen molar-refractivity contribution in [3.63, 3.8) is 0 Å². The van der Waals surface area contributed by atoms with Crippen LogP contribution in [0.3, 0.4) is 0 Å². The summed E-state index contributed by atoms with van der Waals surface area (Å²) in [7, 11) is 0. The van der Waals surface area contributed by atoms with E-state index in [-0.39, 0.29) is 36.3 Å². The van der Waals surface area contributed by atoms with Gasteiger partial charge in [-0.25, -0.2) is 4.79 Å². The van der Waals surface area contributed by atoms with Crippen molar-refractivity contribution in [2.24, 2.45) is 11.8 Å². The number of amides is 4. The van der Waals surface area contributed by atoms with Crippen LogP contribution < -0.4 is 15.4 Å². The Labute approximate surface area is 262 Å². The van der Waals surface area contributed by atoms with E-state index in [9.17, 15) is 19.5 Å². The minimum atomic E-state index is -0.805. The average molecular weight is 607 g/mol. The van der Waals surface area contributed by atoms with Crippen molar-refractivity contribution < 1.29 is 24.2 Å². The van der Waals surface area contributed by atoms with Crippen LogP contribution in [-0.2, 0) is 22.6 Å². The molecule has 9 heteroatoms. The monoisotopic (exact) mass is 606 g/mol. The van der Waals surface area contributed by atoms with E-state index in [1.54, 1.807) is 9.80 Å². The highest BCUT2D eigenvalue weighted by molar-refractivity contribution is 5.92. The average Bonchev–Trinajstić information content (AvgIpc) is 3.34. The van der Waals surface area contributed by atoms with E-state index < -0.39 is 12.1 Å². The highest BCUT2D eigenvalue weighted by atomic mass is 16.5. The Hall–Kier alpha value is -3.59. The Balaban J connectivity index is 1.47. The highest BCUT2D eigenvalue weighted by Gasteiger charge is 2.33. The molecule has 2 aromatic carbocycles. The summed E-state index contributed by atoms with van der Waals surface area (Å²) >= 11 is 0. The maximum absolute atomic E-state index is 13.9. The van der Waals surface area contributed by atoms with Gasteiger partial charge in [0.15, 0.2) is 0 Å². The molecular weight excluding hydrogens is 556 g/mol. The van der Waals surface area contributed by atoms with Gasteiger partial charge in [0.1, 0.15) is 24.4 Å². The zero-order valence-corrected chi connectivity index (χ0v) is 26.4. The standard InChI is InChI=1S/C35H50N4O5/c1-26(2)21-31(37-35(43)38-18-8-3-4-9-19-38)33(41)36-32(34(42)39-20-10-13-29(23-39)24-40)22-27-14-16-30(17-15-27)44-25-28-11-6-5-7-12-28/h5-7,11-12,14-17,26,29,31-32,40H,3-4,8-10,13,18-25H2,1-2H3,(H,36,41)(H,37,43). The molecule has 3 N–H and O–H groups in total. The van der Waals surface area contributed by atoms with Gasteiger partial charge in [-0.1, -0.05) is 69.2 Å².